The largest absolute Gasteiger partial charge is 0.339 e. The van der Waals surface area contributed by atoms with E-state index in [0.29, 0.717) is 58.0 Å². The first-order valence-corrected chi connectivity index (χ1v) is 14.0. The highest BCUT2D eigenvalue weighted by atomic mass is 32.2. The molecule has 0 bridgehead atoms. The molecule has 0 radical (unpaired) electrons. The van der Waals surface area contributed by atoms with Crippen molar-refractivity contribution in [1.29, 1.82) is 0 Å². The molecule has 1 aliphatic carbocycles. The highest BCUT2D eigenvalue weighted by Crippen LogP contribution is 2.38. The van der Waals surface area contributed by atoms with Crippen molar-refractivity contribution in [1.82, 2.24) is 14.4 Å². The van der Waals surface area contributed by atoms with Gasteiger partial charge in [-0.1, -0.05) is 17.6 Å². The van der Waals surface area contributed by atoms with E-state index in [0.717, 1.165) is 19.3 Å². The minimum Gasteiger partial charge on any atom is -0.339 e. The average Bonchev–Trinajstić information content (AvgIpc) is 3.42. The summed E-state index contributed by atoms with van der Waals surface area (Å²) in [5.74, 6) is 0.0756. The molecule has 8 nitrogen and oxygen atoms in total. The number of rotatable bonds is 6. The van der Waals surface area contributed by atoms with Gasteiger partial charge in [0.25, 0.3) is 0 Å². The van der Waals surface area contributed by atoms with Crippen molar-refractivity contribution < 1.29 is 22.1 Å². The Kier molecular flexibility index (Phi) is 6.49. The lowest BCUT2D eigenvalue weighted by Gasteiger charge is -2.31. The number of anilines is 1. The lowest BCUT2D eigenvalue weighted by Crippen LogP contribution is -2.43. The zero-order chi connectivity index (χ0) is 24.7. The highest BCUT2D eigenvalue weighted by molar-refractivity contribution is 7.89. The monoisotopic (exact) mass is 518 g/mol. The van der Waals surface area contributed by atoms with Crippen molar-refractivity contribution in [2.75, 3.05) is 18.4 Å². The number of carbonyl (C=O) groups excluding carboxylic acids is 1. The summed E-state index contributed by atoms with van der Waals surface area (Å²) >= 11 is 1.31. The number of nitrogens with one attached hydrogen (secondary N) is 1. The number of thiophene rings is 1. The summed E-state index contributed by atoms with van der Waals surface area (Å²) in [4.78, 5) is 18.8. The van der Waals surface area contributed by atoms with Crippen LogP contribution in [0.5, 0.6) is 0 Å². The van der Waals surface area contributed by atoms with Crippen molar-refractivity contribution >= 4 is 33.0 Å². The van der Waals surface area contributed by atoms with E-state index in [9.17, 15) is 17.6 Å². The Bertz CT molecular complexity index is 1360. The molecule has 0 spiro atoms. The molecule has 1 atom stereocenters. The molecule has 1 saturated carbocycles. The van der Waals surface area contributed by atoms with Crippen LogP contribution in [0.2, 0.25) is 0 Å². The van der Waals surface area contributed by atoms with Crippen LogP contribution in [-0.4, -0.2) is 41.9 Å². The molecule has 2 fully saturated rings. The summed E-state index contributed by atoms with van der Waals surface area (Å²) in [7, 11) is -3.82. The predicted molar refractivity (Wildman–Crippen MR) is 130 cm³/mol. The lowest BCUT2D eigenvalue weighted by molar-refractivity contribution is -0.120. The van der Waals surface area contributed by atoms with Gasteiger partial charge in [0.15, 0.2) is 0 Å². The Morgan fingerprint density at radius 2 is 2.00 bits per heavy atom. The number of piperidine rings is 1. The Morgan fingerprint density at radius 1 is 1.20 bits per heavy atom. The second-order valence-electron chi connectivity index (χ2n) is 9.27. The molecule has 1 aliphatic heterocycles. The molecule has 1 N–H and O–H groups in total. The molecule has 1 saturated heterocycles. The van der Waals surface area contributed by atoms with Gasteiger partial charge in [-0.2, -0.15) is 9.29 Å². The van der Waals surface area contributed by atoms with Gasteiger partial charge in [-0.15, -0.1) is 11.3 Å². The Labute approximate surface area is 207 Å². The normalized spacial score (nSPS) is 19.5. The Hall–Kier alpha value is -2.63. The molecule has 1 aromatic carbocycles. The van der Waals surface area contributed by atoms with Crippen LogP contribution in [0.25, 0.3) is 10.7 Å². The molecule has 1 amide bonds. The summed E-state index contributed by atoms with van der Waals surface area (Å²) in [6.07, 6.45) is 4.35. The molecule has 0 unspecified atom stereocenters. The summed E-state index contributed by atoms with van der Waals surface area (Å²) in [6, 6.07) is 6.11. The predicted octanol–water partition coefficient (Wildman–Crippen LogP) is 4.86. The molecule has 11 heteroatoms. The van der Waals surface area contributed by atoms with Crippen LogP contribution in [0.15, 0.2) is 33.7 Å². The number of carbonyl (C=O) groups is 1. The van der Waals surface area contributed by atoms with Crippen molar-refractivity contribution in [3.05, 3.63) is 46.4 Å². The summed E-state index contributed by atoms with van der Waals surface area (Å²) < 4.78 is 47.6. The molecule has 2 aliphatic rings. The van der Waals surface area contributed by atoms with Crippen molar-refractivity contribution in [3.8, 4) is 10.7 Å². The Morgan fingerprint density at radius 3 is 2.71 bits per heavy atom. The van der Waals surface area contributed by atoms with Crippen LogP contribution in [0.3, 0.4) is 0 Å². The third-order valence-electron chi connectivity index (χ3n) is 6.80. The number of nitrogens with zero attached hydrogens (tertiary/aromatic N) is 3. The van der Waals surface area contributed by atoms with Gasteiger partial charge in [-0.25, -0.2) is 12.8 Å². The van der Waals surface area contributed by atoms with Gasteiger partial charge in [0.05, 0.1) is 15.7 Å². The van der Waals surface area contributed by atoms with Gasteiger partial charge in [0, 0.05) is 29.6 Å². The van der Waals surface area contributed by atoms with Crippen LogP contribution < -0.4 is 5.32 Å². The number of halogens is 1. The van der Waals surface area contributed by atoms with Crippen LogP contribution in [0.1, 0.15) is 54.4 Å². The molecule has 5 rings (SSSR count). The first-order chi connectivity index (χ1) is 16.7. The van der Waals surface area contributed by atoms with E-state index >= 15 is 0 Å². The number of aromatic nitrogens is 2. The second-order valence-corrected chi connectivity index (χ2v) is 12.4. The van der Waals surface area contributed by atoms with Crippen LogP contribution in [-0.2, 0) is 14.8 Å². The molecule has 35 heavy (non-hydrogen) atoms. The molecular weight excluding hydrogens is 491 g/mol. The molecule has 3 aromatic rings. The molecule has 3 heterocycles. The van der Waals surface area contributed by atoms with Gasteiger partial charge in [-0.05, 0) is 63.3 Å². The van der Waals surface area contributed by atoms with E-state index in [2.05, 4.69) is 15.5 Å². The standard InChI is InChI=1S/C24H27FN4O4S2/c1-14-8-9-18(11-19(14)25)26-23(30)17-7-4-10-29(13-17)35(31,32)21-12-20(34-15(21)2)22-27-24(33-28-22)16-5-3-6-16/h8-9,11-12,16-17H,3-7,10,13H2,1-2H3,(H,26,30)/t17-/m1/s1. The lowest BCUT2D eigenvalue weighted by atomic mass is 9.85. The fraction of sp³-hybridized carbons (Fsp3) is 0.458. The zero-order valence-corrected chi connectivity index (χ0v) is 21.2. The third kappa shape index (κ3) is 4.76. The van der Waals surface area contributed by atoms with Crippen molar-refractivity contribution in [2.45, 2.75) is 56.8 Å². The maximum atomic E-state index is 13.8. The minimum atomic E-state index is -3.82. The molecule has 186 valence electrons. The number of hydrogen-bond acceptors (Lipinski definition) is 7. The quantitative estimate of drug-likeness (QED) is 0.500. The van der Waals surface area contributed by atoms with E-state index in [1.54, 1.807) is 32.0 Å². The zero-order valence-electron chi connectivity index (χ0n) is 19.6. The van der Waals surface area contributed by atoms with Gasteiger partial charge in [-0.3, -0.25) is 4.79 Å². The van der Waals surface area contributed by atoms with Gasteiger partial charge in [0.2, 0.25) is 27.6 Å². The molecule has 2 aromatic heterocycles. The van der Waals surface area contributed by atoms with Crippen LogP contribution >= 0.6 is 11.3 Å². The second kappa shape index (κ2) is 9.44. The third-order valence-corrected chi connectivity index (χ3v) is 9.97. The summed E-state index contributed by atoms with van der Waals surface area (Å²) in [5, 5.41) is 6.79. The number of aryl methyl sites for hydroxylation is 2. The van der Waals surface area contributed by atoms with E-state index in [1.165, 1.54) is 21.7 Å². The van der Waals surface area contributed by atoms with E-state index < -0.39 is 21.8 Å². The average molecular weight is 519 g/mol. The highest BCUT2D eigenvalue weighted by Gasteiger charge is 2.35. The summed E-state index contributed by atoms with van der Waals surface area (Å²) in [5.41, 5.74) is 0.848. The maximum absolute atomic E-state index is 13.8. The van der Waals surface area contributed by atoms with E-state index in [1.807, 2.05) is 0 Å². The van der Waals surface area contributed by atoms with Gasteiger partial charge >= 0.3 is 0 Å². The van der Waals surface area contributed by atoms with Gasteiger partial charge in [0.1, 0.15) is 5.82 Å². The maximum Gasteiger partial charge on any atom is 0.244 e. The van der Waals surface area contributed by atoms with Crippen molar-refractivity contribution in [3.63, 3.8) is 0 Å². The Balaban J connectivity index is 1.31. The van der Waals surface area contributed by atoms with Crippen molar-refractivity contribution in [2.24, 2.45) is 5.92 Å². The topological polar surface area (TPSA) is 105 Å². The first-order valence-electron chi connectivity index (χ1n) is 11.7. The van der Waals surface area contributed by atoms with Gasteiger partial charge < -0.3 is 9.84 Å². The van der Waals surface area contributed by atoms with E-state index in [4.69, 9.17) is 4.52 Å². The van der Waals surface area contributed by atoms with E-state index in [-0.39, 0.29) is 17.3 Å². The summed E-state index contributed by atoms with van der Waals surface area (Å²) in [6.45, 7) is 3.81. The number of sulfonamides is 1. The minimum absolute atomic E-state index is 0.0706. The smallest absolute Gasteiger partial charge is 0.244 e. The number of amides is 1. The first kappa shape index (κ1) is 24.1. The fourth-order valence-electron chi connectivity index (χ4n) is 4.42. The molecular formula is C24H27FN4O4S2. The van der Waals surface area contributed by atoms with Crippen LogP contribution in [0, 0.1) is 25.6 Å². The number of hydrogen-bond donors (Lipinski definition) is 1. The SMILES string of the molecule is Cc1ccc(NC(=O)[C@@H]2CCCN(S(=O)(=O)c3cc(-c4noc(C5CCC5)n4)sc3C)C2)cc1F. The fourth-order valence-corrected chi connectivity index (χ4v) is 7.43. The van der Waals surface area contributed by atoms with Crippen LogP contribution in [0.4, 0.5) is 10.1 Å². The number of benzene rings is 1.